The number of ether oxygens (including phenoxy) is 1. The van der Waals surface area contributed by atoms with Gasteiger partial charge in [0.25, 0.3) is 5.91 Å². The molecule has 0 radical (unpaired) electrons. The highest BCUT2D eigenvalue weighted by molar-refractivity contribution is 6.33. The van der Waals surface area contributed by atoms with Gasteiger partial charge in [0.1, 0.15) is 12.1 Å². The molecular formula is C12H15ClN6O2. The third-order valence-electron chi connectivity index (χ3n) is 3.23. The number of carbonyl (C=O) groups is 1. The van der Waals surface area contributed by atoms with Crippen molar-refractivity contribution in [3.05, 3.63) is 11.5 Å². The average molecular weight is 311 g/mol. The number of hydrogen-bond donors (Lipinski definition) is 3. The summed E-state index contributed by atoms with van der Waals surface area (Å²) in [5.41, 5.74) is 0.949. The number of carbonyl (C=O) groups excluding carboxylic acids is 1. The fourth-order valence-corrected chi connectivity index (χ4v) is 2.39. The molecule has 2 aromatic heterocycles. The van der Waals surface area contributed by atoms with Crippen LogP contribution >= 0.6 is 11.6 Å². The van der Waals surface area contributed by atoms with Gasteiger partial charge in [-0.25, -0.2) is 4.98 Å². The van der Waals surface area contributed by atoms with Gasteiger partial charge in [0.2, 0.25) is 5.95 Å². The summed E-state index contributed by atoms with van der Waals surface area (Å²) >= 11 is 5.97. The van der Waals surface area contributed by atoms with Crippen molar-refractivity contribution >= 4 is 34.6 Å². The summed E-state index contributed by atoms with van der Waals surface area (Å²) in [5.74, 6) is -0.182. The summed E-state index contributed by atoms with van der Waals surface area (Å²) in [5, 5.41) is 6.02. The SMILES string of the molecule is O=C(COC1CCNCC1)Nc1nc(Cl)c2[nH]cnc2n1. The summed E-state index contributed by atoms with van der Waals surface area (Å²) in [7, 11) is 0. The van der Waals surface area contributed by atoms with Crippen LogP contribution in [0.25, 0.3) is 11.2 Å². The van der Waals surface area contributed by atoms with E-state index in [0.29, 0.717) is 11.2 Å². The Morgan fingerprint density at radius 3 is 3.05 bits per heavy atom. The van der Waals surface area contributed by atoms with Crippen molar-refractivity contribution in [1.82, 2.24) is 25.3 Å². The number of piperidine rings is 1. The minimum absolute atomic E-state index is 0.0236. The molecule has 0 saturated carbocycles. The highest BCUT2D eigenvalue weighted by Gasteiger charge is 2.16. The first-order chi connectivity index (χ1) is 10.2. The molecule has 0 unspecified atom stereocenters. The highest BCUT2D eigenvalue weighted by Crippen LogP contribution is 2.18. The molecule has 21 heavy (non-hydrogen) atoms. The maximum atomic E-state index is 11.8. The second-order valence-electron chi connectivity index (χ2n) is 4.75. The lowest BCUT2D eigenvalue weighted by atomic mass is 10.1. The lowest BCUT2D eigenvalue weighted by molar-refractivity contribution is -0.123. The summed E-state index contributed by atoms with van der Waals surface area (Å²) in [6.45, 7) is 1.81. The molecular weight excluding hydrogens is 296 g/mol. The Bertz CT molecular complexity index is 640. The standard InChI is InChI=1S/C12H15ClN6O2/c13-10-9-11(16-6-15-9)19-12(18-10)17-8(20)5-21-7-1-3-14-4-2-7/h6-7,14H,1-5H2,(H2,15,16,17,18,19,20). The maximum absolute atomic E-state index is 11.8. The normalized spacial score (nSPS) is 16.2. The van der Waals surface area contributed by atoms with Gasteiger partial charge in [-0.3, -0.25) is 10.1 Å². The molecule has 0 spiro atoms. The van der Waals surface area contributed by atoms with E-state index in [9.17, 15) is 4.79 Å². The Balaban J connectivity index is 1.57. The number of halogens is 1. The van der Waals surface area contributed by atoms with Crippen molar-refractivity contribution in [3.63, 3.8) is 0 Å². The van der Waals surface area contributed by atoms with Gasteiger partial charge in [0, 0.05) is 0 Å². The Morgan fingerprint density at radius 2 is 2.24 bits per heavy atom. The van der Waals surface area contributed by atoms with Crippen LogP contribution in [0, 0.1) is 0 Å². The number of H-pyrrole nitrogens is 1. The number of fused-ring (bicyclic) bond motifs is 1. The highest BCUT2D eigenvalue weighted by atomic mass is 35.5. The molecule has 1 saturated heterocycles. The van der Waals surface area contributed by atoms with Crippen LogP contribution in [-0.2, 0) is 9.53 Å². The van der Waals surface area contributed by atoms with Crippen molar-refractivity contribution in [2.45, 2.75) is 18.9 Å². The Kier molecular flexibility index (Phi) is 4.28. The van der Waals surface area contributed by atoms with E-state index in [0.717, 1.165) is 25.9 Å². The van der Waals surface area contributed by atoms with E-state index < -0.39 is 0 Å². The number of nitrogens with zero attached hydrogens (tertiary/aromatic N) is 3. The van der Waals surface area contributed by atoms with Crippen LogP contribution in [0.2, 0.25) is 5.15 Å². The number of nitrogens with one attached hydrogen (secondary N) is 3. The minimum atomic E-state index is -0.306. The molecule has 0 bridgehead atoms. The zero-order valence-corrected chi connectivity index (χ0v) is 12.0. The van der Waals surface area contributed by atoms with Gasteiger partial charge >= 0.3 is 0 Å². The first-order valence-corrected chi connectivity index (χ1v) is 7.09. The lowest BCUT2D eigenvalue weighted by Crippen LogP contribution is -2.34. The lowest BCUT2D eigenvalue weighted by Gasteiger charge is -2.22. The molecule has 3 N–H and O–H groups in total. The van der Waals surface area contributed by atoms with Crippen LogP contribution in [0.4, 0.5) is 5.95 Å². The number of anilines is 1. The van der Waals surface area contributed by atoms with Gasteiger partial charge in [0.15, 0.2) is 10.8 Å². The van der Waals surface area contributed by atoms with Gasteiger partial charge in [-0.05, 0) is 25.9 Å². The number of rotatable bonds is 4. The third kappa shape index (κ3) is 3.46. The molecule has 1 fully saturated rings. The van der Waals surface area contributed by atoms with Crippen LogP contribution in [0.5, 0.6) is 0 Å². The van der Waals surface area contributed by atoms with E-state index in [2.05, 4.69) is 30.6 Å². The second kappa shape index (κ2) is 6.33. The average Bonchev–Trinajstić information content (AvgIpc) is 2.95. The fraction of sp³-hybridized carbons (Fsp3) is 0.500. The molecule has 3 rings (SSSR count). The number of aromatic nitrogens is 4. The number of aromatic amines is 1. The van der Waals surface area contributed by atoms with Crippen LogP contribution in [0.15, 0.2) is 6.33 Å². The predicted octanol–water partition coefficient (Wildman–Crippen LogP) is 0.713. The molecule has 0 atom stereocenters. The monoisotopic (exact) mass is 310 g/mol. The fourth-order valence-electron chi connectivity index (χ4n) is 2.17. The molecule has 0 aromatic carbocycles. The van der Waals surface area contributed by atoms with E-state index in [1.165, 1.54) is 6.33 Å². The largest absolute Gasteiger partial charge is 0.368 e. The van der Waals surface area contributed by atoms with Crippen LogP contribution in [0.1, 0.15) is 12.8 Å². The minimum Gasteiger partial charge on any atom is -0.368 e. The second-order valence-corrected chi connectivity index (χ2v) is 5.11. The smallest absolute Gasteiger partial charge is 0.252 e. The van der Waals surface area contributed by atoms with Gasteiger partial charge in [-0.15, -0.1) is 0 Å². The van der Waals surface area contributed by atoms with E-state index in [4.69, 9.17) is 16.3 Å². The van der Waals surface area contributed by atoms with E-state index in [1.807, 2.05) is 0 Å². The molecule has 1 aliphatic rings. The van der Waals surface area contributed by atoms with E-state index in [-0.39, 0.29) is 29.7 Å². The Labute approximate surface area is 125 Å². The van der Waals surface area contributed by atoms with Gasteiger partial charge in [-0.2, -0.15) is 9.97 Å². The summed E-state index contributed by atoms with van der Waals surface area (Å²) < 4.78 is 5.56. The molecule has 0 aliphatic carbocycles. The molecule has 9 heteroatoms. The summed E-state index contributed by atoms with van der Waals surface area (Å²) in [6, 6.07) is 0. The van der Waals surface area contributed by atoms with Crippen molar-refractivity contribution in [1.29, 1.82) is 0 Å². The Hall–Kier alpha value is -1.77. The predicted molar refractivity (Wildman–Crippen MR) is 77.2 cm³/mol. The Morgan fingerprint density at radius 1 is 1.43 bits per heavy atom. The molecule has 3 heterocycles. The number of imidazole rings is 1. The van der Waals surface area contributed by atoms with Crippen LogP contribution in [-0.4, -0.2) is 51.6 Å². The van der Waals surface area contributed by atoms with Crippen molar-refractivity contribution in [2.24, 2.45) is 0 Å². The number of hydrogen-bond acceptors (Lipinski definition) is 6. The zero-order chi connectivity index (χ0) is 14.7. The van der Waals surface area contributed by atoms with Crippen LogP contribution in [0.3, 0.4) is 0 Å². The van der Waals surface area contributed by atoms with Gasteiger partial charge in [0.05, 0.1) is 12.4 Å². The third-order valence-corrected chi connectivity index (χ3v) is 3.50. The van der Waals surface area contributed by atoms with E-state index >= 15 is 0 Å². The molecule has 2 aromatic rings. The van der Waals surface area contributed by atoms with Gasteiger partial charge < -0.3 is 15.0 Å². The summed E-state index contributed by atoms with van der Waals surface area (Å²) in [4.78, 5) is 26.7. The molecule has 112 valence electrons. The van der Waals surface area contributed by atoms with E-state index in [1.54, 1.807) is 0 Å². The maximum Gasteiger partial charge on any atom is 0.252 e. The van der Waals surface area contributed by atoms with Crippen molar-refractivity contribution in [3.8, 4) is 0 Å². The topological polar surface area (TPSA) is 105 Å². The quantitative estimate of drug-likeness (QED) is 0.719. The van der Waals surface area contributed by atoms with Gasteiger partial charge in [-0.1, -0.05) is 11.6 Å². The van der Waals surface area contributed by atoms with Crippen LogP contribution < -0.4 is 10.6 Å². The first kappa shape index (κ1) is 14.2. The summed E-state index contributed by atoms with van der Waals surface area (Å²) in [6.07, 6.45) is 3.41. The van der Waals surface area contributed by atoms with Crippen molar-refractivity contribution in [2.75, 3.05) is 25.0 Å². The molecule has 1 amide bonds. The first-order valence-electron chi connectivity index (χ1n) is 6.71. The molecule has 1 aliphatic heterocycles. The molecule has 8 nitrogen and oxygen atoms in total. The van der Waals surface area contributed by atoms with Crippen molar-refractivity contribution < 1.29 is 9.53 Å². The zero-order valence-electron chi connectivity index (χ0n) is 11.2. The number of amides is 1.